The molecule has 1 saturated heterocycles. The third kappa shape index (κ3) is 4.01. The molecule has 1 N–H and O–H groups in total. The summed E-state index contributed by atoms with van der Waals surface area (Å²) >= 11 is 0. The summed E-state index contributed by atoms with van der Waals surface area (Å²) in [5.41, 5.74) is 0.405. The van der Waals surface area contributed by atoms with Crippen molar-refractivity contribution in [2.45, 2.75) is 31.8 Å². The van der Waals surface area contributed by atoms with Crippen molar-refractivity contribution in [2.75, 3.05) is 26.7 Å². The minimum absolute atomic E-state index is 0.0904. The van der Waals surface area contributed by atoms with E-state index in [1.54, 1.807) is 11.9 Å². The zero-order valence-corrected chi connectivity index (χ0v) is 11.9. The van der Waals surface area contributed by atoms with Crippen LogP contribution in [0.25, 0.3) is 0 Å². The number of likely N-dealkylation sites (tertiary alicyclic amines) is 1. The molecule has 0 unspecified atom stereocenters. The summed E-state index contributed by atoms with van der Waals surface area (Å²) in [6.07, 6.45) is 1.78. The number of amides is 2. The Labute approximate surface area is 122 Å². The lowest BCUT2D eigenvalue weighted by atomic mass is 10.1. The first-order chi connectivity index (χ1) is 9.97. The molecule has 8 nitrogen and oxygen atoms in total. The molecule has 0 aromatic carbocycles. The highest BCUT2D eigenvalue weighted by Gasteiger charge is 2.29. The van der Waals surface area contributed by atoms with E-state index >= 15 is 0 Å². The number of aliphatic carboxylic acids is 1. The van der Waals surface area contributed by atoms with Crippen molar-refractivity contribution in [3.63, 3.8) is 0 Å². The molecule has 8 heteroatoms. The number of carbonyl (C=O) groups excluding carboxylic acids is 2. The van der Waals surface area contributed by atoms with E-state index in [0.717, 1.165) is 0 Å². The largest absolute Gasteiger partial charge is 0.480 e. The van der Waals surface area contributed by atoms with Gasteiger partial charge < -0.3 is 14.7 Å². The highest BCUT2D eigenvalue weighted by Crippen LogP contribution is 2.16. The maximum absolute atomic E-state index is 12.3. The minimum Gasteiger partial charge on any atom is -0.480 e. The van der Waals surface area contributed by atoms with Crippen LogP contribution in [0, 0.1) is 0 Å². The quantitative estimate of drug-likeness (QED) is 0.767. The fourth-order valence-electron chi connectivity index (χ4n) is 2.42. The van der Waals surface area contributed by atoms with Crippen molar-refractivity contribution in [1.82, 2.24) is 9.91 Å². The normalized spacial score (nSPS) is 20.4. The third-order valence-electron chi connectivity index (χ3n) is 3.63. The fraction of sp³-hybridized carbons (Fsp3) is 0.692. The van der Waals surface area contributed by atoms with E-state index in [9.17, 15) is 14.4 Å². The summed E-state index contributed by atoms with van der Waals surface area (Å²) in [6, 6.07) is 0. The van der Waals surface area contributed by atoms with Crippen LogP contribution < -0.4 is 0 Å². The second-order valence-corrected chi connectivity index (χ2v) is 5.16. The van der Waals surface area contributed by atoms with Crippen molar-refractivity contribution in [3.8, 4) is 0 Å². The maximum Gasteiger partial charge on any atom is 0.329 e. The van der Waals surface area contributed by atoms with E-state index in [-0.39, 0.29) is 24.5 Å². The van der Waals surface area contributed by atoms with E-state index < -0.39 is 5.97 Å². The van der Waals surface area contributed by atoms with Gasteiger partial charge in [0.1, 0.15) is 12.3 Å². The average molecular weight is 297 g/mol. The molecule has 21 heavy (non-hydrogen) atoms. The molecule has 0 radical (unpaired) electrons. The van der Waals surface area contributed by atoms with Gasteiger partial charge in [-0.25, -0.2) is 9.80 Å². The number of carboxylic acid groups (broad SMARTS) is 1. The smallest absolute Gasteiger partial charge is 0.329 e. The number of carboxylic acids is 1. The van der Waals surface area contributed by atoms with Gasteiger partial charge in [-0.15, -0.1) is 0 Å². The van der Waals surface area contributed by atoms with Gasteiger partial charge in [0, 0.05) is 33.0 Å². The molecule has 116 valence electrons. The number of piperidine rings is 1. The lowest BCUT2D eigenvalue weighted by Gasteiger charge is -2.32. The maximum atomic E-state index is 12.3. The Morgan fingerprint density at radius 3 is 2.57 bits per heavy atom. The summed E-state index contributed by atoms with van der Waals surface area (Å²) in [5.74, 6) is -1.23. The van der Waals surface area contributed by atoms with Crippen LogP contribution in [-0.2, 0) is 19.1 Å². The van der Waals surface area contributed by atoms with Gasteiger partial charge >= 0.3 is 5.97 Å². The SMILES string of the molecule is CN1N=C(C(=O)N2CCC(OCC(=O)O)CC2)CCC1=O. The van der Waals surface area contributed by atoms with Crippen molar-refractivity contribution in [2.24, 2.45) is 5.10 Å². The van der Waals surface area contributed by atoms with E-state index in [1.165, 1.54) is 5.01 Å². The highest BCUT2D eigenvalue weighted by molar-refractivity contribution is 6.39. The molecule has 2 rings (SSSR count). The first kappa shape index (κ1) is 15.4. The van der Waals surface area contributed by atoms with Gasteiger partial charge in [-0.3, -0.25) is 9.59 Å². The highest BCUT2D eigenvalue weighted by atomic mass is 16.5. The van der Waals surface area contributed by atoms with Gasteiger partial charge in [0.25, 0.3) is 5.91 Å². The molecule has 0 bridgehead atoms. The molecule has 0 atom stereocenters. The van der Waals surface area contributed by atoms with Gasteiger partial charge in [0.15, 0.2) is 0 Å². The van der Waals surface area contributed by atoms with Crippen LogP contribution in [0.3, 0.4) is 0 Å². The summed E-state index contributed by atoms with van der Waals surface area (Å²) < 4.78 is 5.23. The second kappa shape index (κ2) is 6.66. The van der Waals surface area contributed by atoms with E-state index in [2.05, 4.69) is 5.10 Å². The molecule has 2 amide bonds. The summed E-state index contributed by atoms with van der Waals surface area (Å²) in [4.78, 5) is 35.8. The van der Waals surface area contributed by atoms with Crippen LogP contribution in [0.1, 0.15) is 25.7 Å². The predicted octanol–water partition coefficient (Wildman–Crippen LogP) is -0.313. The van der Waals surface area contributed by atoms with Crippen LogP contribution in [0.5, 0.6) is 0 Å². The third-order valence-corrected chi connectivity index (χ3v) is 3.63. The first-order valence-electron chi connectivity index (χ1n) is 6.94. The summed E-state index contributed by atoms with van der Waals surface area (Å²) in [6.45, 7) is 0.720. The van der Waals surface area contributed by atoms with Crippen molar-refractivity contribution >= 4 is 23.5 Å². The van der Waals surface area contributed by atoms with Crippen LogP contribution >= 0.6 is 0 Å². The Bertz CT molecular complexity index is 468. The Morgan fingerprint density at radius 2 is 2.00 bits per heavy atom. The molecular weight excluding hydrogens is 278 g/mol. The number of hydrogen-bond acceptors (Lipinski definition) is 5. The molecular formula is C13H19N3O5. The Morgan fingerprint density at radius 1 is 1.33 bits per heavy atom. The molecule has 0 aromatic rings. The van der Waals surface area contributed by atoms with Crippen LogP contribution in [0.15, 0.2) is 5.10 Å². The predicted molar refractivity (Wildman–Crippen MR) is 72.6 cm³/mol. The minimum atomic E-state index is -0.988. The number of hydrazone groups is 1. The molecule has 2 heterocycles. The zero-order chi connectivity index (χ0) is 15.4. The first-order valence-corrected chi connectivity index (χ1v) is 6.94. The van der Waals surface area contributed by atoms with Gasteiger partial charge in [-0.2, -0.15) is 5.10 Å². The number of rotatable bonds is 4. The van der Waals surface area contributed by atoms with Crippen molar-refractivity contribution in [3.05, 3.63) is 0 Å². The monoisotopic (exact) mass is 297 g/mol. The van der Waals surface area contributed by atoms with Gasteiger partial charge in [0.05, 0.1) is 6.10 Å². The van der Waals surface area contributed by atoms with Crippen molar-refractivity contribution < 1.29 is 24.2 Å². The van der Waals surface area contributed by atoms with Gasteiger partial charge in [0.2, 0.25) is 5.91 Å². The molecule has 2 aliphatic rings. The number of carbonyl (C=O) groups is 3. The average Bonchev–Trinajstić information content (AvgIpc) is 2.48. The molecule has 0 saturated carbocycles. The van der Waals surface area contributed by atoms with E-state index in [4.69, 9.17) is 9.84 Å². The molecule has 0 spiro atoms. The van der Waals surface area contributed by atoms with Gasteiger partial charge in [-0.1, -0.05) is 0 Å². The topological polar surface area (TPSA) is 99.5 Å². The second-order valence-electron chi connectivity index (χ2n) is 5.16. The Kier molecular flexibility index (Phi) is 4.89. The van der Waals surface area contributed by atoms with Crippen molar-refractivity contribution in [1.29, 1.82) is 0 Å². The van der Waals surface area contributed by atoms with Gasteiger partial charge in [-0.05, 0) is 12.8 Å². The summed E-state index contributed by atoms with van der Waals surface area (Å²) in [5, 5.41) is 13.8. The molecule has 1 fully saturated rings. The number of nitrogens with zero attached hydrogens (tertiary/aromatic N) is 3. The Balaban J connectivity index is 1.84. The van der Waals surface area contributed by atoms with E-state index in [1.807, 2.05) is 0 Å². The lowest BCUT2D eigenvalue weighted by molar-refractivity contribution is -0.146. The van der Waals surface area contributed by atoms with Crippen LogP contribution in [0.4, 0.5) is 0 Å². The summed E-state index contributed by atoms with van der Waals surface area (Å²) in [7, 11) is 1.54. The Hall–Kier alpha value is -1.96. The van der Waals surface area contributed by atoms with Crippen LogP contribution in [0.2, 0.25) is 0 Å². The number of hydrogen-bond donors (Lipinski definition) is 1. The standard InChI is InChI=1S/C13H19N3O5/c1-15-11(17)3-2-10(14-15)13(20)16-6-4-9(5-7-16)21-8-12(18)19/h9H,2-8H2,1H3,(H,18,19). The number of ether oxygens (including phenoxy) is 1. The van der Waals surface area contributed by atoms with Crippen LogP contribution in [-0.4, -0.2) is 71.4 Å². The lowest BCUT2D eigenvalue weighted by Crippen LogP contribution is -2.45. The fourth-order valence-corrected chi connectivity index (χ4v) is 2.42. The molecule has 2 aliphatic heterocycles. The van der Waals surface area contributed by atoms with E-state index in [0.29, 0.717) is 44.5 Å². The molecule has 0 aliphatic carbocycles. The molecule has 0 aromatic heterocycles. The zero-order valence-electron chi connectivity index (χ0n) is 11.9.